The first kappa shape index (κ1) is 13.4. The van der Waals surface area contributed by atoms with Crippen molar-refractivity contribution >= 4 is 28.7 Å². The van der Waals surface area contributed by atoms with Gasteiger partial charge in [-0.25, -0.2) is 4.79 Å². The fourth-order valence-electron chi connectivity index (χ4n) is 2.57. The van der Waals surface area contributed by atoms with Crippen molar-refractivity contribution in [3.63, 3.8) is 0 Å². The van der Waals surface area contributed by atoms with Crippen molar-refractivity contribution in [2.24, 2.45) is 0 Å². The third kappa shape index (κ3) is 2.50. The van der Waals surface area contributed by atoms with E-state index in [1.54, 1.807) is 18.2 Å². The summed E-state index contributed by atoms with van der Waals surface area (Å²) in [5.74, 6) is 0.548. The molecule has 0 bridgehead atoms. The van der Waals surface area contributed by atoms with Gasteiger partial charge < -0.3 is 20.0 Å². The van der Waals surface area contributed by atoms with Gasteiger partial charge in [-0.05, 0) is 30.3 Å². The van der Waals surface area contributed by atoms with Crippen LogP contribution in [0.5, 0.6) is 5.75 Å². The number of rotatable bonds is 2. The number of nitrogens with one attached hydrogen (secondary N) is 3. The van der Waals surface area contributed by atoms with Gasteiger partial charge in [0.2, 0.25) is 0 Å². The number of carbonyl (C=O) groups excluding carboxylic acids is 1. The molecule has 0 spiro atoms. The molecule has 114 valence electrons. The van der Waals surface area contributed by atoms with Gasteiger partial charge in [0.05, 0.1) is 16.6 Å². The van der Waals surface area contributed by atoms with Crippen molar-refractivity contribution in [2.45, 2.75) is 0 Å². The number of aromatic nitrogens is 2. The molecule has 0 aliphatic carbocycles. The normalized spacial score (nSPS) is 13.1. The summed E-state index contributed by atoms with van der Waals surface area (Å²) >= 11 is 0. The SMILES string of the molecule is O=C(Nc1ccc2[nH]c(=O)[nH]c2c1)C1=Cc2ccccc2OC1. The molecule has 1 amide bonds. The molecule has 0 fully saturated rings. The topological polar surface area (TPSA) is 87.0 Å². The first-order valence-corrected chi connectivity index (χ1v) is 7.15. The number of fused-ring (bicyclic) bond motifs is 2. The molecule has 3 N–H and O–H groups in total. The predicted octanol–water partition coefficient (Wildman–Crippen LogP) is 2.27. The first-order chi connectivity index (χ1) is 11.2. The second-order valence-corrected chi connectivity index (χ2v) is 5.29. The van der Waals surface area contributed by atoms with E-state index in [0.29, 0.717) is 22.3 Å². The Balaban J connectivity index is 1.59. The highest BCUT2D eigenvalue weighted by molar-refractivity contribution is 6.08. The summed E-state index contributed by atoms with van der Waals surface area (Å²) in [5.41, 5.74) is 3.11. The number of hydrogen-bond donors (Lipinski definition) is 3. The van der Waals surface area contributed by atoms with Crippen LogP contribution >= 0.6 is 0 Å². The molecule has 1 aromatic heterocycles. The lowest BCUT2D eigenvalue weighted by atomic mass is 10.1. The van der Waals surface area contributed by atoms with Gasteiger partial charge in [0.25, 0.3) is 5.91 Å². The summed E-state index contributed by atoms with van der Waals surface area (Å²) in [6, 6.07) is 12.8. The lowest BCUT2D eigenvalue weighted by Crippen LogP contribution is -2.21. The van der Waals surface area contributed by atoms with Crippen LogP contribution in [0.3, 0.4) is 0 Å². The van der Waals surface area contributed by atoms with Gasteiger partial charge in [-0.3, -0.25) is 4.79 Å². The Morgan fingerprint density at radius 3 is 2.83 bits per heavy atom. The monoisotopic (exact) mass is 307 g/mol. The van der Waals surface area contributed by atoms with Gasteiger partial charge in [-0.2, -0.15) is 0 Å². The van der Waals surface area contributed by atoms with E-state index in [1.165, 1.54) is 0 Å². The fraction of sp³-hybridized carbons (Fsp3) is 0.0588. The summed E-state index contributed by atoms with van der Waals surface area (Å²) in [4.78, 5) is 29.0. The van der Waals surface area contributed by atoms with Crippen LogP contribution in [0.2, 0.25) is 0 Å². The highest BCUT2D eigenvalue weighted by atomic mass is 16.5. The van der Waals surface area contributed by atoms with E-state index in [1.807, 2.05) is 30.3 Å². The zero-order valence-corrected chi connectivity index (χ0v) is 12.1. The van der Waals surface area contributed by atoms with Crippen molar-refractivity contribution in [2.75, 3.05) is 11.9 Å². The van der Waals surface area contributed by atoms with Crippen molar-refractivity contribution in [3.05, 3.63) is 64.1 Å². The highest BCUT2D eigenvalue weighted by Crippen LogP contribution is 2.26. The summed E-state index contributed by atoms with van der Waals surface area (Å²) in [6.07, 6.45) is 1.82. The number of para-hydroxylation sites is 1. The van der Waals surface area contributed by atoms with Crippen LogP contribution in [-0.4, -0.2) is 22.5 Å². The number of anilines is 1. The molecule has 2 aromatic carbocycles. The summed E-state index contributed by atoms with van der Waals surface area (Å²) < 4.78 is 5.59. The fourth-order valence-corrected chi connectivity index (χ4v) is 2.57. The minimum atomic E-state index is -0.275. The molecule has 6 heteroatoms. The predicted molar refractivity (Wildman–Crippen MR) is 87.5 cm³/mol. The maximum atomic E-state index is 12.4. The first-order valence-electron chi connectivity index (χ1n) is 7.15. The second-order valence-electron chi connectivity index (χ2n) is 5.29. The number of hydrogen-bond acceptors (Lipinski definition) is 3. The third-order valence-corrected chi connectivity index (χ3v) is 3.70. The van der Waals surface area contributed by atoms with E-state index in [4.69, 9.17) is 4.74 Å². The van der Waals surface area contributed by atoms with Crippen molar-refractivity contribution in [1.29, 1.82) is 0 Å². The van der Waals surface area contributed by atoms with E-state index in [9.17, 15) is 9.59 Å². The summed E-state index contributed by atoms with van der Waals surface area (Å²) in [7, 11) is 0. The lowest BCUT2D eigenvalue weighted by molar-refractivity contribution is -0.113. The number of H-pyrrole nitrogens is 2. The van der Waals surface area contributed by atoms with Gasteiger partial charge in [-0.1, -0.05) is 18.2 Å². The smallest absolute Gasteiger partial charge is 0.323 e. The van der Waals surface area contributed by atoms with Crippen molar-refractivity contribution in [1.82, 2.24) is 9.97 Å². The minimum absolute atomic E-state index is 0.225. The second kappa shape index (κ2) is 5.17. The molecule has 0 saturated heterocycles. The molecule has 1 aliphatic heterocycles. The average molecular weight is 307 g/mol. The Hall–Kier alpha value is -3.28. The molecular weight excluding hydrogens is 294 g/mol. The third-order valence-electron chi connectivity index (χ3n) is 3.70. The van der Waals surface area contributed by atoms with E-state index in [0.717, 1.165) is 11.3 Å². The van der Waals surface area contributed by atoms with Crippen LogP contribution in [0.25, 0.3) is 17.1 Å². The number of carbonyl (C=O) groups is 1. The van der Waals surface area contributed by atoms with Gasteiger partial charge in [0, 0.05) is 11.3 Å². The maximum absolute atomic E-state index is 12.4. The van der Waals surface area contributed by atoms with Crippen LogP contribution in [0, 0.1) is 0 Å². The molecule has 4 rings (SSSR count). The van der Waals surface area contributed by atoms with E-state index in [2.05, 4.69) is 15.3 Å². The molecule has 6 nitrogen and oxygen atoms in total. The Morgan fingerprint density at radius 2 is 1.91 bits per heavy atom. The van der Waals surface area contributed by atoms with E-state index < -0.39 is 0 Å². The number of ether oxygens (including phenoxy) is 1. The van der Waals surface area contributed by atoms with Gasteiger partial charge in [0.15, 0.2) is 0 Å². The van der Waals surface area contributed by atoms with Crippen LogP contribution < -0.4 is 15.7 Å². The Bertz CT molecular complexity index is 997. The Morgan fingerprint density at radius 1 is 1.09 bits per heavy atom. The number of amides is 1. The van der Waals surface area contributed by atoms with Crippen molar-refractivity contribution < 1.29 is 9.53 Å². The summed E-state index contributed by atoms with van der Waals surface area (Å²) in [6.45, 7) is 0.228. The lowest BCUT2D eigenvalue weighted by Gasteiger charge is -2.17. The van der Waals surface area contributed by atoms with Gasteiger partial charge >= 0.3 is 5.69 Å². The summed E-state index contributed by atoms with van der Waals surface area (Å²) in [5, 5.41) is 2.82. The van der Waals surface area contributed by atoms with Gasteiger partial charge in [0.1, 0.15) is 12.4 Å². The zero-order chi connectivity index (χ0) is 15.8. The standard InChI is InChI=1S/C17H13N3O3/c21-16(11-7-10-3-1-2-4-15(10)23-9-11)18-12-5-6-13-14(8-12)20-17(22)19-13/h1-8H,9H2,(H,18,21)(H2,19,20,22). The van der Waals surface area contributed by atoms with Crippen LogP contribution in [-0.2, 0) is 4.79 Å². The largest absolute Gasteiger partial charge is 0.488 e. The average Bonchev–Trinajstić information content (AvgIpc) is 2.93. The number of imidazole rings is 1. The Labute approximate surface area is 130 Å². The Kier molecular flexibility index (Phi) is 3.01. The number of benzene rings is 2. The van der Waals surface area contributed by atoms with Crippen LogP contribution in [0.15, 0.2) is 52.8 Å². The van der Waals surface area contributed by atoms with Crippen LogP contribution in [0.1, 0.15) is 5.56 Å². The van der Waals surface area contributed by atoms with E-state index in [-0.39, 0.29) is 18.2 Å². The minimum Gasteiger partial charge on any atom is -0.488 e. The molecule has 2 heterocycles. The maximum Gasteiger partial charge on any atom is 0.323 e. The molecule has 0 radical (unpaired) electrons. The number of aromatic amines is 2. The molecule has 23 heavy (non-hydrogen) atoms. The highest BCUT2D eigenvalue weighted by Gasteiger charge is 2.17. The molecule has 0 saturated carbocycles. The molecule has 1 aliphatic rings. The zero-order valence-electron chi connectivity index (χ0n) is 12.1. The quantitative estimate of drug-likeness (QED) is 0.678. The van der Waals surface area contributed by atoms with Crippen molar-refractivity contribution in [3.8, 4) is 5.75 Å². The molecular formula is C17H13N3O3. The molecule has 0 unspecified atom stereocenters. The molecule has 3 aromatic rings. The van der Waals surface area contributed by atoms with E-state index >= 15 is 0 Å². The van der Waals surface area contributed by atoms with Crippen LogP contribution in [0.4, 0.5) is 5.69 Å². The van der Waals surface area contributed by atoms with Gasteiger partial charge in [-0.15, -0.1) is 0 Å². The molecule has 0 atom stereocenters.